The minimum absolute atomic E-state index is 0.00746. The van der Waals surface area contributed by atoms with Crippen molar-refractivity contribution in [3.63, 3.8) is 0 Å². The molecule has 0 aromatic carbocycles. The molecule has 2 saturated carbocycles. The predicted molar refractivity (Wildman–Crippen MR) is 72.4 cm³/mol. The number of nitrogens with zero attached hydrogens (tertiary/aromatic N) is 2. The molecule has 4 heteroatoms. The molecule has 0 aromatic rings. The molecule has 2 aliphatic rings. The first-order valence-electron chi connectivity index (χ1n) is 7.44. The second kappa shape index (κ2) is 6.79. The third-order valence-electron chi connectivity index (χ3n) is 4.71. The fraction of sp³-hybridized carbons (Fsp3) is 0.867. The molecule has 2 unspecified atom stereocenters. The fourth-order valence-corrected chi connectivity index (χ4v) is 3.85. The van der Waals surface area contributed by atoms with Gasteiger partial charge in [0.05, 0.1) is 11.6 Å². The molecule has 0 saturated heterocycles. The molecule has 2 fully saturated rings. The maximum absolute atomic E-state index is 10.8. The van der Waals surface area contributed by atoms with Crippen LogP contribution in [0.4, 0.5) is 0 Å². The van der Waals surface area contributed by atoms with Crippen molar-refractivity contribution in [1.29, 1.82) is 0 Å². The summed E-state index contributed by atoms with van der Waals surface area (Å²) in [6.45, 7) is 0. The summed E-state index contributed by atoms with van der Waals surface area (Å²) in [6, 6.07) is -0.00746. The van der Waals surface area contributed by atoms with Crippen molar-refractivity contribution in [3.05, 3.63) is 0 Å². The van der Waals surface area contributed by atoms with Crippen LogP contribution in [0.25, 0.3) is 0 Å². The summed E-state index contributed by atoms with van der Waals surface area (Å²) in [5.41, 5.74) is -0.312. The van der Waals surface area contributed by atoms with E-state index in [4.69, 9.17) is 0 Å². The van der Waals surface area contributed by atoms with Gasteiger partial charge in [-0.15, -0.1) is 0 Å². The highest BCUT2D eigenvalue weighted by Crippen LogP contribution is 2.41. The van der Waals surface area contributed by atoms with E-state index in [-0.39, 0.29) is 11.6 Å². The van der Waals surface area contributed by atoms with Crippen molar-refractivity contribution in [3.8, 4) is 0 Å². The van der Waals surface area contributed by atoms with E-state index in [2.05, 4.69) is 9.98 Å². The highest BCUT2D eigenvalue weighted by Gasteiger charge is 2.38. The monoisotopic (exact) mass is 262 g/mol. The van der Waals surface area contributed by atoms with Gasteiger partial charge in [0, 0.05) is 0 Å². The average Bonchev–Trinajstić information content (AvgIpc) is 2.41. The molecular formula is C15H22N2O2. The summed E-state index contributed by atoms with van der Waals surface area (Å²) < 4.78 is 0. The van der Waals surface area contributed by atoms with Gasteiger partial charge in [0.15, 0.2) is 0 Å². The Hall–Kier alpha value is -1.24. The van der Waals surface area contributed by atoms with E-state index in [1.54, 1.807) is 12.2 Å². The number of aliphatic imine (C=N–C) groups is 2. The predicted octanol–water partition coefficient (Wildman–Crippen LogP) is 3.31. The van der Waals surface area contributed by atoms with Crippen molar-refractivity contribution in [1.82, 2.24) is 0 Å². The van der Waals surface area contributed by atoms with Crippen LogP contribution in [0.2, 0.25) is 0 Å². The second-order valence-electron chi connectivity index (χ2n) is 6.11. The Labute approximate surface area is 114 Å². The Balaban J connectivity index is 2.07. The van der Waals surface area contributed by atoms with Gasteiger partial charge in [0.25, 0.3) is 0 Å². The minimum atomic E-state index is -0.312. The van der Waals surface area contributed by atoms with Crippen LogP contribution < -0.4 is 0 Å². The zero-order valence-corrected chi connectivity index (χ0v) is 11.4. The minimum Gasteiger partial charge on any atom is -0.211 e. The summed E-state index contributed by atoms with van der Waals surface area (Å²) in [4.78, 5) is 29.2. The normalized spacial score (nSPS) is 32.1. The van der Waals surface area contributed by atoms with Gasteiger partial charge in [-0.1, -0.05) is 32.1 Å². The van der Waals surface area contributed by atoms with Crippen LogP contribution in [0.1, 0.15) is 64.2 Å². The van der Waals surface area contributed by atoms with Gasteiger partial charge in [-0.2, -0.15) is 4.99 Å². The van der Waals surface area contributed by atoms with E-state index in [9.17, 15) is 9.59 Å². The maximum atomic E-state index is 10.8. The van der Waals surface area contributed by atoms with Gasteiger partial charge in [-0.25, -0.2) is 14.6 Å². The summed E-state index contributed by atoms with van der Waals surface area (Å²) in [5.74, 6) is 0.671. The molecule has 0 aromatic heterocycles. The maximum Gasteiger partial charge on any atom is 0.235 e. The molecule has 19 heavy (non-hydrogen) atoms. The lowest BCUT2D eigenvalue weighted by Gasteiger charge is -2.38. The molecule has 0 N–H and O–H groups in total. The summed E-state index contributed by atoms with van der Waals surface area (Å²) >= 11 is 0. The van der Waals surface area contributed by atoms with E-state index in [0.717, 1.165) is 25.7 Å². The molecule has 0 bridgehead atoms. The zero-order chi connectivity index (χ0) is 13.6. The van der Waals surface area contributed by atoms with Crippen molar-refractivity contribution < 1.29 is 9.59 Å². The molecule has 0 aliphatic heterocycles. The number of carbonyl (C=O) groups excluding carboxylic acids is 2. The first-order valence-corrected chi connectivity index (χ1v) is 7.44. The molecular weight excluding hydrogens is 240 g/mol. The lowest BCUT2D eigenvalue weighted by atomic mass is 9.71. The van der Waals surface area contributed by atoms with Crippen molar-refractivity contribution in [2.24, 2.45) is 15.9 Å². The van der Waals surface area contributed by atoms with Crippen LogP contribution >= 0.6 is 0 Å². The third kappa shape index (κ3) is 3.86. The van der Waals surface area contributed by atoms with Gasteiger partial charge in [0.2, 0.25) is 12.2 Å². The number of isocyanates is 2. The Morgan fingerprint density at radius 3 is 2.47 bits per heavy atom. The first kappa shape index (κ1) is 14.2. The SMILES string of the molecule is O=C=NC1CCCC(CC2CCCCC2)(N=C=O)C1. The molecule has 104 valence electrons. The second-order valence-corrected chi connectivity index (χ2v) is 6.11. The molecule has 0 radical (unpaired) electrons. The molecule has 2 aliphatic carbocycles. The van der Waals surface area contributed by atoms with Gasteiger partial charge < -0.3 is 0 Å². The van der Waals surface area contributed by atoms with Crippen LogP contribution in [0.5, 0.6) is 0 Å². The summed E-state index contributed by atoms with van der Waals surface area (Å²) in [5, 5.41) is 0. The van der Waals surface area contributed by atoms with Crippen LogP contribution in [0.15, 0.2) is 9.98 Å². The average molecular weight is 262 g/mol. The van der Waals surface area contributed by atoms with E-state index in [1.165, 1.54) is 32.1 Å². The number of hydrogen-bond acceptors (Lipinski definition) is 4. The Morgan fingerprint density at radius 1 is 1.00 bits per heavy atom. The molecule has 0 amide bonds. The van der Waals surface area contributed by atoms with Gasteiger partial charge in [-0.3, -0.25) is 0 Å². The van der Waals surface area contributed by atoms with E-state index < -0.39 is 0 Å². The molecule has 2 atom stereocenters. The molecule has 4 nitrogen and oxygen atoms in total. The summed E-state index contributed by atoms with van der Waals surface area (Å²) in [7, 11) is 0. The highest BCUT2D eigenvalue weighted by atomic mass is 16.1. The van der Waals surface area contributed by atoms with E-state index in [1.807, 2.05) is 0 Å². The number of hydrogen-bond donors (Lipinski definition) is 0. The molecule has 0 spiro atoms. The topological polar surface area (TPSA) is 58.9 Å². The van der Waals surface area contributed by atoms with Crippen LogP contribution in [-0.4, -0.2) is 23.7 Å². The number of rotatable bonds is 4. The largest absolute Gasteiger partial charge is 0.235 e. The van der Waals surface area contributed by atoms with Crippen molar-refractivity contribution >= 4 is 12.2 Å². The third-order valence-corrected chi connectivity index (χ3v) is 4.71. The van der Waals surface area contributed by atoms with Crippen molar-refractivity contribution in [2.75, 3.05) is 0 Å². The van der Waals surface area contributed by atoms with Gasteiger partial charge in [0.1, 0.15) is 0 Å². The highest BCUT2D eigenvalue weighted by molar-refractivity contribution is 5.36. The quantitative estimate of drug-likeness (QED) is 0.576. The summed E-state index contributed by atoms with van der Waals surface area (Å²) in [6.07, 6.45) is 14.3. The lowest BCUT2D eigenvalue weighted by Crippen LogP contribution is -2.37. The fourth-order valence-electron chi connectivity index (χ4n) is 3.85. The zero-order valence-electron chi connectivity index (χ0n) is 11.4. The first-order chi connectivity index (χ1) is 9.28. The van der Waals surface area contributed by atoms with Crippen LogP contribution in [-0.2, 0) is 9.59 Å². The van der Waals surface area contributed by atoms with E-state index >= 15 is 0 Å². The lowest BCUT2D eigenvalue weighted by molar-refractivity contribution is 0.197. The standard InChI is InChI=1S/C15H22N2O2/c18-11-16-14-7-4-8-15(10-14,17-12-19)9-13-5-2-1-3-6-13/h13-14H,1-10H2. The van der Waals surface area contributed by atoms with Crippen molar-refractivity contribution in [2.45, 2.75) is 75.8 Å². The smallest absolute Gasteiger partial charge is 0.211 e. The van der Waals surface area contributed by atoms with Crippen LogP contribution in [0, 0.1) is 5.92 Å². The Bertz CT molecular complexity index is 391. The van der Waals surface area contributed by atoms with E-state index in [0.29, 0.717) is 12.3 Å². The Morgan fingerprint density at radius 2 is 1.79 bits per heavy atom. The van der Waals surface area contributed by atoms with Gasteiger partial charge in [-0.05, 0) is 38.0 Å². The van der Waals surface area contributed by atoms with Crippen LogP contribution in [0.3, 0.4) is 0 Å². The molecule has 2 rings (SSSR count). The van der Waals surface area contributed by atoms with Gasteiger partial charge >= 0.3 is 0 Å². The molecule has 0 heterocycles. The Kier molecular flexibility index (Phi) is 5.07.